The van der Waals surface area contributed by atoms with Crippen molar-refractivity contribution in [3.63, 3.8) is 0 Å². The van der Waals surface area contributed by atoms with Crippen molar-refractivity contribution < 1.29 is 9.53 Å². The summed E-state index contributed by atoms with van der Waals surface area (Å²) in [5.41, 5.74) is 0.685. The van der Waals surface area contributed by atoms with Gasteiger partial charge in [0.2, 0.25) is 0 Å². The highest BCUT2D eigenvalue weighted by Gasteiger charge is 2.05. The fourth-order valence-electron chi connectivity index (χ4n) is 0.602. The SMILES string of the molecule is CCC/C(=C\Br)C(=O)OC. The number of ether oxygens (including phenoxy) is 1. The van der Waals surface area contributed by atoms with Crippen molar-refractivity contribution in [3.05, 3.63) is 10.6 Å². The van der Waals surface area contributed by atoms with Gasteiger partial charge in [0.1, 0.15) is 0 Å². The normalized spacial score (nSPS) is 11.3. The van der Waals surface area contributed by atoms with E-state index in [9.17, 15) is 4.79 Å². The number of methoxy groups -OCH3 is 1. The Morgan fingerprint density at radius 2 is 2.30 bits per heavy atom. The van der Waals surface area contributed by atoms with Crippen LogP contribution in [0.1, 0.15) is 19.8 Å². The minimum atomic E-state index is -0.251. The summed E-state index contributed by atoms with van der Waals surface area (Å²) in [6.07, 6.45) is 1.71. The average Bonchev–Trinajstić information content (AvgIpc) is 1.99. The first-order valence-electron chi connectivity index (χ1n) is 3.13. The molecule has 58 valence electrons. The highest BCUT2D eigenvalue weighted by molar-refractivity contribution is 9.11. The lowest BCUT2D eigenvalue weighted by Crippen LogP contribution is -2.03. The van der Waals surface area contributed by atoms with Crippen molar-refractivity contribution in [1.29, 1.82) is 0 Å². The van der Waals surface area contributed by atoms with Crippen molar-refractivity contribution in [3.8, 4) is 0 Å². The lowest BCUT2D eigenvalue weighted by Gasteiger charge is -2.00. The zero-order chi connectivity index (χ0) is 7.98. The number of carbonyl (C=O) groups is 1. The summed E-state index contributed by atoms with van der Waals surface area (Å²) in [5.74, 6) is -0.251. The molecule has 0 aromatic rings. The lowest BCUT2D eigenvalue weighted by atomic mass is 10.2. The van der Waals surface area contributed by atoms with Crippen LogP contribution in [0.5, 0.6) is 0 Å². The van der Waals surface area contributed by atoms with Gasteiger partial charge in [-0.05, 0) is 11.4 Å². The summed E-state index contributed by atoms with van der Waals surface area (Å²) in [6.45, 7) is 2.01. The predicted octanol–water partition coefficient (Wildman–Crippen LogP) is 2.24. The van der Waals surface area contributed by atoms with Crippen LogP contribution in [0.3, 0.4) is 0 Å². The molecule has 0 aromatic carbocycles. The van der Waals surface area contributed by atoms with Gasteiger partial charge in [-0.1, -0.05) is 29.3 Å². The van der Waals surface area contributed by atoms with Crippen molar-refractivity contribution in [2.24, 2.45) is 0 Å². The van der Waals surface area contributed by atoms with Crippen molar-refractivity contribution >= 4 is 21.9 Å². The molecule has 0 aliphatic heterocycles. The van der Waals surface area contributed by atoms with Gasteiger partial charge in [-0.2, -0.15) is 0 Å². The van der Waals surface area contributed by atoms with E-state index in [4.69, 9.17) is 0 Å². The standard InChI is InChI=1S/C7H11BrO2/c1-3-4-6(5-8)7(9)10-2/h5H,3-4H2,1-2H3/b6-5+. The molecule has 10 heavy (non-hydrogen) atoms. The first kappa shape index (κ1) is 9.69. The molecule has 0 aliphatic carbocycles. The highest BCUT2D eigenvalue weighted by atomic mass is 79.9. The zero-order valence-corrected chi connectivity index (χ0v) is 7.77. The Morgan fingerprint density at radius 1 is 1.70 bits per heavy atom. The fourth-order valence-corrected chi connectivity index (χ4v) is 1.02. The third-order valence-corrected chi connectivity index (χ3v) is 1.65. The van der Waals surface area contributed by atoms with Crippen molar-refractivity contribution in [2.45, 2.75) is 19.8 Å². The molecular weight excluding hydrogens is 196 g/mol. The molecule has 0 aliphatic rings. The van der Waals surface area contributed by atoms with Crippen molar-refractivity contribution in [2.75, 3.05) is 7.11 Å². The number of halogens is 1. The zero-order valence-electron chi connectivity index (χ0n) is 6.19. The summed E-state index contributed by atoms with van der Waals surface area (Å²) in [5, 5.41) is 0. The van der Waals surface area contributed by atoms with E-state index in [1.807, 2.05) is 6.92 Å². The molecule has 0 aromatic heterocycles. The quantitative estimate of drug-likeness (QED) is 0.524. The first-order valence-corrected chi connectivity index (χ1v) is 4.05. The van der Waals surface area contributed by atoms with E-state index in [0.29, 0.717) is 5.57 Å². The van der Waals surface area contributed by atoms with E-state index in [2.05, 4.69) is 20.7 Å². The first-order chi connectivity index (χ1) is 4.76. The largest absolute Gasteiger partial charge is 0.466 e. The van der Waals surface area contributed by atoms with E-state index in [1.54, 1.807) is 4.99 Å². The molecular formula is C7H11BrO2. The highest BCUT2D eigenvalue weighted by Crippen LogP contribution is 2.08. The summed E-state index contributed by atoms with van der Waals surface area (Å²) < 4.78 is 4.52. The van der Waals surface area contributed by atoms with Gasteiger partial charge in [0.15, 0.2) is 0 Å². The second kappa shape index (κ2) is 5.47. The Balaban J connectivity index is 3.95. The van der Waals surface area contributed by atoms with E-state index in [1.165, 1.54) is 7.11 Å². The van der Waals surface area contributed by atoms with Gasteiger partial charge in [-0.3, -0.25) is 0 Å². The summed E-state index contributed by atoms with van der Waals surface area (Å²) >= 11 is 3.10. The van der Waals surface area contributed by atoms with E-state index in [-0.39, 0.29) is 5.97 Å². The molecule has 0 heterocycles. The molecule has 0 fully saturated rings. The van der Waals surface area contributed by atoms with Crippen molar-refractivity contribution in [1.82, 2.24) is 0 Å². The van der Waals surface area contributed by atoms with Gasteiger partial charge in [0.05, 0.1) is 7.11 Å². The molecule has 0 N–H and O–H groups in total. The number of esters is 1. The van der Waals surface area contributed by atoms with E-state index in [0.717, 1.165) is 12.8 Å². The number of hydrogen-bond donors (Lipinski definition) is 0. The van der Waals surface area contributed by atoms with Crippen LogP contribution in [0.25, 0.3) is 0 Å². The van der Waals surface area contributed by atoms with Gasteiger partial charge in [0, 0.05) is 5.57 Å². The minimum Gasteiger partial charge on any atom is -0.466 e. The monoisotopic (exact) mass is 206 g/mol. The van der Waals surface area contributed by atoms with Gasteiger partial charge < -0.3 is 4.74 Å². The Kier molecular flexibility index (Phi) is 5.30. The third-order valence-electron chi connectivity index (χ3n) is 1.10. The van der Waals surface area contributed by atoms with Gasteiger partial charge in [0.25, 0.3) is 0 Å². The second-order valence-corrected chi connectivity index (χ2v) is 2.33. The Hall–Kier alpha value is -0.310. The Bertz CT molecular complexity index is 141. The molecule has 0 radical (unpaired) electrons. The predicted molar refractivity (Wildman–Crippen MR) is 43.9 cm³/mol. The minimum absolute atomic E-state index is 0.251. The maximum Gasteiger partial charge on any atom is 0.334 e. The molecule has 0 amide bonds. The molecule has 0 rings (SSSR count). The van der Waals surface area contributed by atoms with Crippen LogP contribution in [-0.4, -0.2) is 13.1 Å². The summed E-state index contributed by atoms with van der Waals surface area (Å²) in [4.78, 5) is 12.4. The van der Waals surface area contributed by atoms with Crippen LogP contribution >= 0.6 is 15.9 Å². The molecule has 3 heteroatoms. The van der Waals surface area contributed by atoms with Crippen LogP contribution in [0.15, 0.2) is 10.6 Å². The molecule has 0 spiro atoms. The van der Waals surface area contributed by atoms with Gasteiger partial charge in [-0.25, -0.2) is 4.79 Å². The molecule has 0 atom stereocenters. The number of carbonyl (C=O) groups excluding carboxylic acids is 1. The number of rotatable bonds is 3. The molecule has 0 saturated heterocycles. The maximum absolute atomic E-state index is 10.8. The maximum atomic E-state index is 10.8. The smallest absolute Gasteiger partial charge is 0.334 e. The Labute approximate surface area is 69.4 Å². The van der Waals surface area contributed by atoms with Crippen LogP contribution in [-0.2, 0) is 9.53 Å². The van der Waals surface area contributed by atoms with Crippen LogP contribution in [0.4, 0.5) is 0 Å². The second-order valence-electron chi connectivity index (χ2n) is 1.88. The fraction of sp³-hybridized carbons (Fsp3) is 0.571. The van der Waals surface area contributed by atoms with Crippen LogP contribution in [0, 0.1) is 0 Å². The van der Waals surface area contributed by atoms with Crippen LogP contribution < -0.4 is 0 Å². The molecule has 0 unspecified atom stereocenters. The van der Waals surface area contributed by atoms with E-state index < -0.39 is 0 Å². The summed E-state index contributed by atoms with van der Waals surface area (Å²) in [6, 6.07) is 0. The number of hydrogen-bond acceptors (Lipinski definition) is 2. The van der Waals surface area contributed by atoms with Gasteiger partial charge >= 0.3 is 5.97 Å². The molecule has 2 nitrogen and oxygen atoms in total. The third kappa shape index (κ3) is 3.01. The Morgan fingerprint density at radius 3 is 2.60 bits per heavy atom. The topological polar surface area (TPSA) is 26.3 Å². The van der Waals surface area contributed by atoms with Crippen LogP contribution in [0.2, 0.25) is 0 Å². The average molecular weight is 207 g/mol. The summed E-state index contributed by atoms with van der Waals surface area (Å²) in [7, 11) is 1.38. The van der Waals surface area contributed by atoms with E-state index >= 15 is 0 Å². The lowest BCUT2D eigenvalue weighted by molar-refractivity contribution is -0.136. The molecule has 0 saturated carbocycles. The van der Waals surface area contributed by atoms with Gasteiger partial charge in [-0.15, -0.1) is 0 Å². The molecule has 0 bridgehead atoms.